The number of aryl methyl sites for hydroxylation is 1. The standard InChI is InChI=1S/C14H22N2/c1-3-16-10-8-14(9-11-16)15-13-6-4-12(2)5-7-13/h4-7,14-15H,3,8-11H2,1-2H3. The minimum Gasteiger partial charge on any atom is -0.382 e. The fourth-order valence-electron chi connectivity index (χ4n) is 2.28. The van der Waals surface area contributed by atoms with Crippen LogP contribution in [0.2, 0.25) is 0 Å². The smallest absolute Gasteiger partial charge is 0.0342 e. The molecule has 1 N–H and O–H groups in total. The second-order valence-electron chi connectivity index (χ2n) is 4.72. The summed E-state index contributed by atoms with van der Waals surface area (Å²) in [7, 11) is 0. The van der Waals surface area contributed by atoms with E-state index in [1.165, 1.54) is 43.7 Å². The molecular weight excluding hydrogens is 196 g/mol. The summed E-state index contributed by atoms with van der Waals surface area (Å²) in [4.78, 5) is 2.52. The molecule has 0 unspecified atom stereocenters. The van der Waals surface area contributed by atoms with Crippen molar-refractivity contribution in [2.75, 3.05) is 25.0 Å². The highest BCUT2D eigenvalue weighted by molar-refractivity contribution is 5.45. The van der Waals surface area contributed by atoms with Crippen LogP contribution in [0.15, 0.2) is 24.3 Å². The Morgan fingerprint density at radius 3 is 2.38 bits per heavy atom. The normalized spacial score (nSPS) is 18.6. The van der Waals surface area contributed by atoms with Crippen molar-refractivity contribution >= 4 is 5.69 Å². The van der Waals surface area contributed by atoms with Gasteiger partial charge in [0.2, 0.25) is 0 Å². The average Bonchev–Trinajstić information content (AvgIpc) is 2.33. The Labute approximate surface area is 98.7 Å². The van der Waals surface area contributed by atoms with Crippen molar-refractivity contribution in [1.82, 2.24) is 4.90 Å². The lowest BCUT2D eigenvalue weighted by molar-refractivity contribution is 0.229. The molecule has 1 aliphatic rings. The number of nitrogens with one attached hydrogen (secondary N) is 1. The van der Waals surface area contributed by atoms with Gasteiger partial charge < -0.3 is 10.2 Å². The second-order valence-corrected chi connectivity index (χ2v) is 4.72. The summed E-state index contributed by atoms with van der Waals surface area (Å²) in [5, 5.41) is 3.63. The lowest BCUT2D eigenvalue weighted by atomic mass is 10.0. The number of hydrogen-bond donors (Lipinski definition) is 1. The lowest BCUT2D eigenvalue weighted by Gasteiger charge is -2.32. The van der Waals surface area contributed by atoms with Crippen LogP contribution in [0.1, 0.15) is 25.3 Å². The highest BCUT2D eigenvalue weighted by Gasteiger charge is 2.17. The van der Waals surface area contributed by atoms with Crippen LogP contribution in [-0.2, 0) is 0 Å². The molecule has 1 saturated heterocycles. The monoisotopic (exact) mass is 218 g/mol. The molecule has 0 atom stereocenters. The Kier molecular flexibility index (Phi) is 3.83. The predicted octanol–water partition coefficient (Wildman–Crippen LogP) is 2.89. The first-order valence-electron chi connectivity index (χ1n) is 6.33. The van der Waals surface area contributed by atoms with Crippen molar-refractivity contribution in [2.24, 2.45) is 0 Å². The number of anilines is 1. The topological polar surface area (TPSA) is 15.3 Å². The van der Waals surface area contributed by atoms with Gasteiger partial charge in [-0.05, 0) is 38.4 Å². The first-order chi connectivity index (χ1) is 7.78. The van der Waals surface area contributed by atoms with Crippen LogP contribution < -0.4 is 5.32 Å². The quantitative estimate of drug-likeness (QED) is 0.839. The Morgan fingerprint density at radius 2 is 1.81 bits per heavy atom. The molecule has 88 valence electrons. The Morgan fingerprint density at radius 1 is 1.19 bits per heavy atom. The molecule has 2 rings (SSSR count). The summed E-state index contributed by atoms with van der Waals surface area (Å²) in [5.41, 5.74) is 2.59. The molecule has 0 radical (unpaired) electrons. The molecule has 0 aliphatic carbocycles. The van der Waals surface area contributed by atoms with Crippen LogP contribution in [-0.4, -0.2) is 30.6 Å². The molecule has 2 heteroatoms. The predicted molar refractivity (Wildman–Crippen MR) is 69.9 cm³/mol. The Balaban J connectivity index is 1.84. The van der Waals surface area contributed by atoms with E-state index >= 15 is 0 Å². The van der Waals surface area contributed by atoms with Crippen LogP contribution in [0, 0.1) is 6.92 Å². The zero-order valence-corrected chi connectivity index (χ0v) is 10.4. The van der Waals surface area contributed by atoms with Gasteiger partial charge in [0.05, 0.1) is 0 Å². The van der Waals surface area contributed by atoms with E-state index < -0.39 is 0 Å². The van der Waals surface area contributed by atoms with Gasteiger partial charge in [-0.25, -0.2) is 0 Å². The van der Waals surface area contributed by atoms with Gasteiger partial charge in [-0.1, -0.05) is 24.6 Å². The summed E-state index contributed by atoms with van der Waals surface area (Å²) in [5.74, 6) is 0. The second kappa shape index (κ2) is 5.35. The van der Waals surface area contributed by atoms with Crippen molar-refractivity contribution in [1.29, 1.82) is 0 Å². The summed E-state index contributed by atoms with van der Waals surface area (Å²) in [6, 6.07) is 9.36. The van der Waals surface area contributed by atoms with E-state index in [0.29, 0.717) is 6.04 Å². The third-order valence-corrected chi connectivity index (χ3v) is 3.46. The molecule has 1 aromatic rings. The van der Waals surface area contributed by atoms with Gasteiger partial charge in [0.15, 0.2) is 0 Å². The maximum Gasteiger partial charge on any atom is 0.0342 e. The van der Waals surface area contributed by atoms with Crippen molar-refractivity contribution in [3.63, 3.8) is 0 Å². The van der Waals surface area contributed by atoms with Crippen molar-refractivity contribution < 1.29 is 0 Å². The van der Waals surface area contributed by atoms with Gasteiger partial charge in [0, 0.05) is 24.8 Å². The number of likely N-dealkylation sites (tertiary alicyclic amines) is 1. The van der Waals surface area contributed by atoms with Gasteiger partial charge in [0.25, 0.3) is 0 Å². The largest absolute Gasteiger partial charge is 0.382 e. The molecule has 0 amide bonds. The van der Waals surface area contributed by atoms with E-state index in [1.54, 1.807) is 0 Å². The van der Waals surface area contributed by atoms with Gasteiger partial charge in [-0.2, -0.15) is 0 Å². The molecule has 0 bridgehead atoms. The number of nitrogens with zero attached hydrogens (tertiary/aromatic N) is 1. The Hall–Kier alpha value is -1.02. The molecule has 2 nitrogen and oxygen atoms in total. The minimum absolute atomic E-state index is 0.658. The van der Waals surface area contributed by atoms with Gasteiger partial charge in [0.1, 0.15) is 0 Å². The van der Waals surface area contributed by atoms with Crippen molar-refractivity contribution in [3.8, 4) is 0 Å². The zero-order valence-electron chi connectivity index (χ0n) is 10.4. The molecule has 1 aromatic carbocycles. The summed E-state index contributed by atoms with van der Waals surface area (Å²) >= 11 is 0. The lowest BCUT2D eigenvalue weighted by Crippen LogP contribution is -2.38. The molecule has 1 heterocycles. The number of piperidine rings is 1. The molecule has 0 saturated carbocycles. The SMILES string of the molecule is CCN1CCC(Nc2ccc(C)cc2)CC1. The molecule has 1 fully saturated rings. The van der Waals surface area contributed by atoms with Crippen molar-refractivity contribution in [3.05, 3.63) is 29.8 Å². The van der Waals surface area contributed by atoms with Gasteiger partial charge in [-0.15, -0.1) is 0 Å². The summed E-state index contributed by atoms with van der Waals surface area (Å²) in [6.07, 6.45) is 2.53. The van der Waals surface area contributed by atoms with E-state index in [1.807, 2.05) is 0 Å². The van der Waals surface area contributed by atoms with E-state index in [0.717, 1.165) is 0 Å². The maximum atomic E-state index is 3.63. The first kappa shape index (κ1) is 11.5. The highest BCUT2D eigenvalue weighted by atomic mass is 15.1. The number of hydrogen-bond acceptors (Lipinski definition) is 2. The van der Waals surface area contributed by atoms with E-state index in [2.05, 4.69) is 48.3 Å². The van der Waals surface area contributed by atoms with Crippen LogP contribution >= 0.6 is 0 Å². The molecule has 0 aromatic heterocycles. The Bertz CT molecular complexity index is 310. The van der Waals surface area contributed by atoms with Crippen LogP contribution in [0.25, 0.3) is 0 Å². The van der Waals surface area contributed by atoms with Crippen LogP contribution in [0.5, 0.6) is 0 Å². The van der Waals surface area contributed by atoms with Gasteiger partial charge in [-0.3, -0.25) is 0 Å². The minimum atomic E-state index is 0.658. The highest BCUT2D eigenvalue weighted by Crippen LogP contribution is 2.16. The maximum absolute atomic E-state index is 3.63. The molecular formula is C14H22N2. The molecule has 1 aliphatic heterocycles. The number of rotatable bonds is 3. The van der Waals surface area contributed by atoms with E-state index in [-0.39, 0.29) is 0 Å². The number of benzene rings is 1. The first-order valence-corrected chi connectivity index (χ1v) is 6.33. The zero-order chi connectivity index (χ0) is 11.4. The molecule has 16 heavy (non-hydrogen) atoms. The fourth-order valence-corrected chi connectivity index (χ4v) is 2.28. The fraction of sp³-hybridized carbons (Fsp3) is 0.571. The van der Waals surface area contributed by atoms with Gasteiger partial charge >= 0.3 is 0 Å². The van der Waals surface area contributed by atoms with Crippen molar-refractivity contribution in [2.45, 2.75) is 32.7 Å². The van der Waals surface area contributed by atoms with Crippen LogP contribution in [0.4, 0.5) is 5.69 Å². The molecule has 0 spiro atoms. The van der Waals surface area contributed by atoms with E-state index in [4.69, 9.17) is 0 Å². The third-order valence-electron chi connectivity index (χ3n) is 3.46. The third kappa shape index (κ3) is 2.99. The summed E-state index contributed by atoms with van der Waals surface area (Å²) in [6.45, 7) is 8.04. The van der Waals surface area contributed by atoms with E-state index in [9.17, 15) is 0 Å². The van der Waals surface area contributed by atoms with Crippen LogP contribution in [0.3, 0.4) is 0 Å². The average molecular weight is 218 g/mol. The summed E-state index contributed by atoms with van der Waals surface area (Å²) < 4.78 is 0.